The highest BCUT2D eigenvalue weighted by molar-refractivity contribution is 8.01. The largest absolute Gasteiger partial charge is 0.360 e. The topological polar surface area (TPSA) is 92.9 Å². The first-order valence-electron chi connectivity index (χ1n) is 7.11. The SMILES string of the molecule is Cc1ccc(Nc2nnc(SCC(=O)Nc3cc(C)on3)s2)cc1. The van der Waals surface area contributed by atoms with E-state index >= 15 is 0 Å². The van der Waals surface area contributed by atoms with E-state index in [0.717, 1.165) is 10.0 Å². The quantitative estimate of drug-likeness (QED) is 0.648. The van der Waals surface area contributed by atoms with Gasteiger partial charge in [0.25, 0.3) is 0 Å². The second-order valence-electron chi connectivity index (χ2n) is 5.02. The molecule has 3 rings (SSSR count). The highest BCUT2D eigenvalue weighted by Crippen LogP contribution is 2.27. The normalized spacial score (nSPS) is 10.6. The summed E-state index contributed by atoms with van der Waals surface area (Å²) in [4.78, 5) is 11.9. The van der Waals surface area contributed by atoms with Crippen LogP contribution in [0.3, 0.4) is 0 Å². The number of aromatic nitrogens is 3. The van der Waals surface area contributed by atoms with E-state index in [-0.39, 0.29) is 11.7 Å². The summed E-state index contributed by atoms with van der Waals surface area (Å²) in [6, 6.07) is 9.68. The molecular weight excluding hydrogens is 346 g/mol. The molecule has 0 aliphatic carbocycles. The van der Waals surface area contributed by atoms with E-state index < -0.39 is 0 Å². The van der Waals surface area contributed by atoms with Crippen LogP contribution in [0, 0.1) is 13.8 Å². The molecule has 3 aromatic rings. The molecule has 2 aromatic heterocycles. The van der Waals surface area contributed by atoms with Crippen molar-refractivity contribution in [2.45, 2.75) is 18.2 Å². The molecule has 0 saturated carbocycles. The van der Waals surface area contributed by atoms with Crippen molar-refractivity contribution in [1.82, 2.24) is 15.4 Å². The maximum absolute atomic E-state index is 11.9. The van der Waals surface area contributed by atoms with E-state index in [4.69, 9.17) is 4.52 Å². The average Bonchev–Trinajstić information content (AvgIpc) is 3.17. The maximum atomic E-state index is 11.9. The minimum absolute atomic E-state index is 0.170. The van der Waals surface area contributed by atoms with Gasteiger partial charge in [0.2, 0.25) is 11.0 Å². The van der Waals surface area contributed by atoms with Crippen molar-refractivity contribution < 1.29 is 9.32 Å². The number of thioether (sulfide) groups is 1. The van der Waals surface area contributed by atoms with Crippen molar-refractivity contribution in [3.8, 4) is 0 Å². The summed E-state index contributed by atoms with van der Waals surface area (Å²) in [5, 5.41) is 18.4. The summed E-state index contributed by atoms with van der Waals surface area (Å²) < 4.78 is 5.61. The average molecular weight is 361 g/mol. The zero-order chi connectivity index (χ0) is 16.9. The minimum atomic E-state index is -0.170. The van der Waals surface area contributed by atoms with E-state index in [2.05, 4.69) is 26.0 Å². The van der Waals surface area contributed by atoms with Gasteiger partial charge in [-0.2, -0.15) is 0 Å². The Hall–Kier alpha value is -2.39. The molecule has 2 N–H and O–H groups in total. The van der Waals surface area contributed by atoms with Gasteiger partial charge >= 0.3 is 0 Å². The molecule has 0 radical (unpaired) electrons. The van der Waals surface area contributed by atoms with Crippen molar-refractivity contribution in [1.29, 1.82) is 0 Å². The third kappa shape index (κ3) is 4.56. The van der Waals surface area contributed by atoms with E-state index in [1.807, 2.05) is 31.2 Å². The molecule has 0 atom stereocenters. The molecule has 1 aromatic carbocycles. The summed E-state index contributed by atoms with van der Waals surface area (Å²) in [5.41, 5.74) is 2.15. The van der Waals surface area contributed by atoms with Crippen molar-refractivity contribution in [3.63, 3.8) is 0 Å². The second kappa shape index (κ2) is 7.45. The van der Waals surface area contributed by atoms with Gasteiger partial charge in [-0.25, -0.2) is 0 Å². The fourth-order valence-electron chi connectivity index (χ4n) is 1.81. The summed E-state index contributed by atoms with van der Waals surface area (Å²) >= 11 is 2.72. The van der Waals surface area contributed by atoms with E-state index in [1.165, 1.54) is 28.7 Å². The Labute approximate surface area is 146 Å². The molecule has 0 spiro atoms. The molecule has 0 aliphatic heterocycles. The molecule has 1 amide bonds. The number of nitrogens with zero attached hydrogens (tertiary/aromatic N) is 3. The summed E-state index contributed by atoms with van der Waals surface area (Å²) in [7, 11) is 0. The molecule has 124 valence electrons. The molecule has 0 bridgehead atoms. The van der Waals surface area contributed by atoms with Gasteiger partial charge in [-0.1, -0.05) is 46.0 Å². The smallest absolute Gasteiger partial charge is 0.236 e. The summed E-state index contributed by atoms with van der Waals surface area (Å²) in [5.74, 6) is 1.12. The number of amides is 1. The number of carbonyl (C=O) groups is 1. The van der Waals surface area contributed by atoms with Crippen molar-refractivity contribution >= 4 is 45.6 Å². The Morgan fingerprint density at radius 1 is 1.25 bits per heavy atom. The van der Waals surface area contributed by atoms with Crippen LogP contribution in [0.1, 0.15) is 11.3 Å². The molecule has 0 saturated heterocycles. The van der Waals surface area contributed by atoms with Crippen molar-refractivity contribution in [2.24, 2.45) is 0 Å². The van der Waals surface area contributed by atoms with Crippen LogP contribution in [0.2, 0.25) is 0 Å². The maximum Gasteiger partial charge on any atom is 0.236 e. The van der Waals surface area contributed by atoms with Gasteiger partial charge in [-0.05, 0) is 26.0 Å². The third-order valence-corrected chi connectivity index (χ3v) is 4.90. The molecular formula is C15H15N5O2S2. The van der Waals surface area contributed by atoms with Gasteiger partial charge in [-0.3, -0.25) is 4.79 Å². The van der Waals surface area contributed by atoms with Crippen LogP contribution in [-0.4, -0.2) is 27.0 Å². The lowest BCUT2D eigenvalue weighted by atomic mass is 10.2. The van der Waals surface area contributed by atoms with Crippen LogP contribution in [0.5, 0.6) is 0 Å². The second-order valence-corrected chi connectivity index (χ2v) is 7.22. The standard InChI is InChI=1S/C15H15N5O2S2/c1-9-3-5-11(6-4-9)16-14-18-19-15(24-14)23-8-13(21)17-12-7-10(2)22-20-12/h3-7H,8H2,1-2H3,(H,16,18)(H,17,20,21). The van der Waals surface area contributed by atoms with Gasteiger partial charge < -0.3 is 15.2 Å². The van der Waals surface area contributed by atoms with Gasteiger partial charge in [0.1, 0.15) is 5.76 Å². The summed E-state index contributed by atoms with van der Waals surface area (Å²) in [6.45, 7) is 3.80. The number of hydrogen-bond donors (Lipinski definition) is 2. The Bertz CT molecular complexity index is 829. The molecule has 0 unspecified atom stereocenters. The van der Waals surface area contributed by atoms with Gasteiger partial charge in [-0.15, -0.1) is 10.2 Å². The number of anilines is 3. The van der Waals surface area contributed by atoms with Crippen LogP contribution < -0.4 is 10.6 Å². The molecule has 0 aliphatic rings. The zero-order valence-corrected chi connectivity index (χ0v) is 14.7. The Balaban J connectivity index is 1.50. The number of carbonyl (C=O) groups excluding carboxylic acids is 1. The molecule has 0 fully saturated rings. The first-order chi connectivity index (χ1) is 11.6. The third-order valence-electron chi connectivity index (χ3n) is 2.93. The van der Waals surface area contributed by atoms with Gasteiger partial charge in [0.05, 0.1) is 5.75 Å². The zero-order valence-electron chi connectivity index (χ0n) is 13.1. The Morgan fingerprint density at radius 3 is 2.75 bits per heavy atom. The lowest BCUT2D eigenvalue weighted by molar-refractivity contribution is -0.113. The van der Waals surface area contributed by atoms with Gasteiger partial charge in [0, 0.05) is 11.8 Å². The fraction of sp³-hybridized carbons (Fsp3) is 0.200. The molecule has 2 heterocycles. The highest BCUT2D eigenvalue weighted by atomic mass is 32.2. The Morgan fingerprint density at radius 2 is 2.04 bits per heavy atom. The van der Waals surface area contributed by atoms with Crippen LogP contribution >= 0.6 is 23.1 Å². The number of rotatable bonds is 6. The van der Waals surface area contributed by atoms with Crippen LogP contribution in [0.15, 0.2) is 39.2 Å². The molecule has 7 nitrogen and oxygen atoms in total. The number of benzene rings is 1. The van der Waals surface area contributed by atoms with E-state index in [9.17, 15) is 4.79 Å². The van der Waals surface area contributed by atoms with Crippen LogP contribution in [-0.2, 0) is 4.79 Å². The summed E-state index contributed by atoms with van der Waals surface area (Å²) in [6.07, 6.45) is 0. The lowest BCUT2D eigenvalue weighted by Gasteiger charge is -2.01. The van der Waals surface area contributed by atoms with Crippen LogP contribution in [0.25, 0.3) is 0 Å². The van der Waals surface area contributed by atoms with Gasteiger partial charge in [0.15, 0.2) is 10.2 Å². The van der Waals surface area contributed by atoms with E-state index in [1.54, 1.807) is 13.0 Å². The molecule has 24 heavy (non-hydrogen) atoms. The lowest BCUT2D eigenvalue weighted by Crippen LogP contribution is -2.14. The number of hydrogen-bond acceptors (Lipinski definition) is 8. The van der Waals surface area contributed by atoms with Crippen molar-refractivity contribution in [3.05, 3.63) is 41.7 Å². The first kappa shape index (κ1) is 16.5. The number of nitrogens with one attached hydrogen (secondary N) is 2. The number of aryl methyl sites for hydroxylation is 2. The fourth-order valence-corrected chi connectivity index (χ4v) is 3.38. The Kier molecular flexibility index (Phi) is 5.11. The predicted molar refractivity (Wildman–Crippen MR) is 95.0 cm³/mol. The highest BCUT2D eigenvalue weighted by Gasteiger charge is 2.10. The predicted octanol–water partition coefficient (Wildman–Crippen LogP) is 3.62. The minimum Gasteiger partial charge on any atom is -0.360 e. The monoisotopic (exact) mass is 361 g/mol. The molecule has 9 heteroatoms. The first-order valence-corrected chi connectivity index (χ1v) is 8.92. The van der Waals surface area contributed by atoms with Crippen LogP contribution in [0.4, 0.5) is 16.6 Å². The van der Waals surface area contributed by atoms with E-state index in [0.29, 0.717) is 16.7 Å². The van der Waals surface area contributed by atoms with Crippen molar-refractivity contribution in [2.75, 3.05) is 16.4 Å².